The van der Waals surface area contributed by atoms with Gasteiger partial charge in [-0.3, -0.25) is 20.1 Å². The molecule has 8 nitrogen and oxygen atoms in total. The Morgan fingerprint density at radius 2 is 1.76 bits per heavy atom. The highest BCUT2D eigenvalue weighted by molar-refractivity contribution is 7.21. The lowest BCUT2D eigenvalue weighted by atomic mass is 9.99. The van der Waals surface area contributed by atoms with Gasteiger partial charge in [0.2, 0.25) is 0 Å². The molecular formula is C19H15ClN6O2S. The molecule has 0 saturated heterocycles. The van der Waals surface area contributed by atoms with Gasteiger partial charge in [-0.25, -0.2) is 9.97 Å². The molecule has 0 radical (unpaired) electrons. The lowest BCUT2D eigenvalue weighted by Gasteiger charge is -2.13. The molecule has 146 valence electrons. The quantitative estimate of drug-likeness (QED) is 0.524. The molecule has 0 aliphatic carbocycles. The summed E-state index contributed by atoms with van der Waals surface area (Å²) in [4.78, 5) is 34.7. The number of hydrogen-bond donors (Lipinski definition) is 1. The molecule has 1 N–H and O–H groups in total. The van der Waals surface area contributed by atoms with Crippen molar-refractivity contribution in [1.82, 2.24) is 24.9 Å². The fraction of sp³-hybridized carbons (Fsp3) is 0.158. The number of aromatic nitrogens is 5. The van der Waals surface area contributed by atoms with E-state index in [4.69, 9.17) is 16.3 Å². The van der Waals surface area contributed by atoms with Gasteiger partial charge in [0.05, 0.1) is 25.1 Å². The van der Waals surface area contributed by atoms with Gasteiger partial charge >= 0.3 is 0 Å². The fourth-order valence-electron chi connectivity index (χ4n) is 2.80. The Morgan fingerprint density at radius 3 is 2.52 bits per heavy atom. The summed E-state index contributed by atoms with van der Waals surface area (Å²) in [6, 6.07) is 3.71. The van der Waals surface area contributed by atoms with E-state index in [9.17, 15) is 4.79 Å². The first-order valence-corrected chi connectivity index (χ1v) is 9.72. The van der Waals surface area contributed by atoms with Crippen LogP contribution in [0.2, 0.25) is 5.15 Å². The number of nitrogens with zero attached hydrogens (tertiary/aromatic N) is 5. The first-order valence-electron chi connectivity index (χ1n) is 8.52. The second kappa shape index (κ2) is 7.69. The van der Waals surface area contributed by atoms with Crippen molar-refractivity contribution in [3.05, 3.63) is 52.8 Å². The Labute approximate surface area is 175 Å². The van der Waals surface area contributed by atoms with Crippen molar-refractivity contribution in [3.63, 3.8) is 0 Å². The van der Waals surface area contributed by atoms with Gasteiger partial charge in [0, 0.05) is 28.7 Å². The number of ether oxygens (including phenoxy) is 1. The summed E-state index contributed by atoms with van der Waals surface area (Å²) in [6.07, 6.45) is 4.59. The highest BCUT2D eigenvalue weighted by Gasteiger charge is 2.19. The monoisotopic (exact) mass is 426 g/mol. The number of thiazole rings is 1. The van der Waals surface area contributed by atoms with Crippen LogP contribution >= 0.6 is 22.9 Å². The van der Waals surface area contributed by atoms with Crippen molar-refractivity contribution in [2.24, 2.45) is 0 Å². The first-order chi connectivity index (χ1) is 13.9. The van der Waals surface area contributed by atoms with E-state index in [0.717, 1.165) is 17.0 Å². The Kier molecular flexibility index (Phi) is 5.08. The predicted octanol–water partition coefficient (Wildman–Crippen LogP) is 4.07. The Morgan fingerprint density at radius 1 is 1.03 bits per heavy atom. The smallest absolute Gasteiger partial charge is 0.259 e. The van der Waals surface area contributed by atoms with Crippen LogP contribution in [0.4, 0.5) is 5.13 Å². The molecule has 0 unspecified atom stereocenters. The number of fused-ring (bicyclic) bond motifs is 1. The first kappa shape index (κ1) is 19.2. The molecule has 1 amide bonds. The van der Waals surface area contributed by atoms with Crippen LogP contribution < -0.4 is 10.1 Å². The lowest BCUT2D eigenvalue weighted by Crippen LogP contribution is -2.14. The minimum atomic E-state index is -0.353. The van der Waals surface area contributed by atoms with Gasteiger partial charge in [0.1, 0.15) is 10.9 Å². The van der Waals surface area contributed by atoms with Crippen molar-refractivity contribution < 1.29 is 9.53 Å². The standard InChI is InChI=1S/C19H15ClN6O2S/c1-9-4-11(12-5-10(2)22-7-14(12)28-3)13(6-21-9)17(27)26-19-25-16-18(29-19)24-15(20)8-23-16/h4-8H,1-3H3,(H,23,25,26,27). The average Bonchev–Trinajstić information content (AvgIpc) is 3.09. The van der Waals surface area contributed by atoms with Crippen molar-refractivity contribution >= 4 is 44.5 Å². The van der Waals surface area contributed by atoms with E-state index in [-0.39, 0.29) is 11.1 Å². The molecule has 4 aromatic heterocycles. The van der Waals surface area contributed by atoms with Gasteiger partial charge in [0.25, 0.3) is 5.91 Å². The van der Waals surface area contributed by atoms with Gasteiger partial charge in [-0.15, -0.1) is 0 Å². The number of aryl methyl sites for hydroxylation is 2. The van der Waals surface area contributed by atoms with Crippen LogP contribution in [-0.4, -0.2) is 37.9 Å². The minimum absolute atomic E-state index is 0.268. The maximum atomic E-state index is 13.0. The Balaban J connectivity index is 1.75. The van der Waals surface area contributed by atoms with Gasteiger partial charge in [-0.1, -0.05) is 22.9 Å². The van der Waals surface area contributed by atoms with E-state index >= 15 is 0 Å². The van der Waals surface area contributed by atoms with Crippen molar-refractivity contribution in [2.45, 2.75) is 13.8 Å². The Hall–Kier alpha value is -3.17. The van der Waals surface area contributed by atoms with Gasteiger partial charge in [-0.2, -0.15) is 4.98 Å². The third kappa shape index (κ3) is 3.87. The van der Waals surface area contributed by atoms with Crippen LogP contribution in [0.5, 0.6) is 5.75 Å². The molecule has 4 rings (SSSR count). The maximum absolute atomic E-state index is 13.0. The van der Waals surface area contributed by atoms with Crippen molar-refractivity contribution in [2.75, 3.05) is 12.4 Å². The number of nitrogens with one attached hydrogen (secondary N) is 1. The largest absolute Gasteiger partial charge is 0.494 e. The number of rotatable bonds is 4. The molecule has 0 atom stereocenters. The number of pyridine rings is 2. The number of methoxy groups -OCH3 is 1. The number of amides is 1. The molecule has 4 heterocycles. The average molecular weight is 427 g/mol. The molecule has 4 aromatic rings. The Bertz CT molecular complexity index is 1240. The minimum Gasteiger partial charge on any atom is -0.494 e. The van der Waals surface area contributed by atoms with Gasteiger partial charge in [0.15, 0.2) is 15.6 Å². The molecule has 0 saturated carbocycles. The number of halogens is 1. The highest BCUT2D eigenvalue weighted by Crippen LogP contribution is 2.33. The lowest BCUT2D eigenvalue weighted by molar-refractivity contribution is 0.102. The molecule has 0 aliphatic heterocycles. The highest BCUT2D eigenvalue weighted by atomic mass is 35.5. The molecule has 0 aliphatic rings. The SMILES string of the molecule is COc1cnc(C)cc1-c1cc(C)ncc1C(=O)Nc1nc2ncc(Cl)nc2s1. The maximum Gasteiger partial charge on any atom is 0.259 e. The molecule has 29 heavy (non-hydrogen) atoms. The topological polar surface area (TPSA) is 103 Å². The normalized spacial score (nSPS) is 10.9. The van der Waals surface area contributed by atoms with Crippen LogP contribution in [-0.2, 0) is 0 Å². The van der Waals surface area contributed by atoms with E-state index in [1.54, 1.807) is 13.3 Å². The van der Waals surface area contributed by atoms with E-state index < -0.39 is 0 Å². The van der Waals surface area contributed by atoms with Crippen molar-refractivity contribution in [1.29, 1.82) is 0 Å². The predicted molar refractivity (Wildman–Crippen MR) is 112 cm³/mol. The van der Waals surface area contributed by atoms with Crippen LogP contribution in [0.25, 0.3) is 21.6 Å². The second-order valence-electron chi connectivity index (χ2n) is 6.19. The number of hydrogen-bond acceptors (Lipinski definition) is 8. The zero-order chi connectivity index (χ0) is 20.5. The fourth-order valence-corrected chi connectivity index (χ4v) is 3.78. The molecule has 0 bridgehead atoms. The summed E-state index contributed by atoms with van der Waals surface area (Å²) in [6.45, 7) is 3.74. The number of carbonyl (C=O) groups excluding carboxylic acids is 1. The molecule has 0 fully saturated rings. The summed E-state index contributed by atoms with van der Waals surface area (Å²) in [5.74, 6) is 0.215. The van der Waals surface area contributed by atoms with Crippen LogP contribution in [0.15, 0.2) is 30.7 Å². The van der Waals surface area contributed by atoms with E-state index in [1.165, 1.54) is 23.7 Å². The molecule has 0 spiro atoms. The zero-order valence-electron chi connectivity index (χ0n) is 15.7. The van der Waals surface area contributed by atoms with Gasteiger partial charge in [-0.05, 0) is 26.0 Å². The third-order valence-electron chi connectivity index (χ3n) is 4.11. The number of anilines is 1. The second-order valence-corrected chi connectivity index (χ2v) is 7.56. The third-order valence-corrected chi connectivity index (χ3v) is 5.15. The van der Waals surface area contributed by atoms with Crippen LogP contribution in [0.3, 0.4) is 0 Å². The van der Waals surface area contributed by atoms with Gasteiger partial charge < -0.3 is 4.74 Å². The number of carbonyl (C=O) groups is 1. The molecule has 0 aromatic carbocycles. The van der Waals surface area contributed by atoms with Crippen LogP contribution in [0, 0.1) is 13.8 Å². The molecular weight excluding hydrogens is 412 g/mol. The van der Waals surface area contributed by atoms with E-state index in [1.807, 2.05) is 26.0 Å². The van der Waals surface area contributed by atoms with Crippen LogP contribution in [0.1, 0.15) is 21.7 Å². The van der Waals surface area contributed by atoms with Crippen molar-refractivity contribution in [3.8, 4) is 16.9 Å². The molecule has 10 heteroatoms. The summed E-state index contributed by atoms with van der Waals surface area (Å²) in [7, 11) is 1.57. The van der Waals surface area contributed by atoms with E-state index in [0.29, 0.717) is 32.5 Å². The summed E-state index contributed by atoms with van der Waals surface area (Å²) in [5, 5.41) is 3.44. The summed E-state index contributed by atoms with van der Waals surface area (Å²) >= 11 is 7.06. The summed E-state index contributed by atoms with van der Waals surface area (Å²) < 4.78 is 5.44. The zero-order valence-corrected chi connectivity index (χ0v) is 17.3. The summed E-state index contributed by atoms with van der Waals surface area (Å²) in [5.41, 5.74) is 3.84. The van der Waals surface area contributed by atoms with E-state index in [2.05, 4.69) is 30.2 Å².